The summed E-state index contributed by atoms with van der Waals surface area (Å²) in [5.41, 5.74) is 2.93. The molecule has 0 saturated heterocycles. The molecule has 0 aliphatic heterocycles. The zero-order valence-electron chi connectivity index (χ0n) is 13.8. The maximum Gasteiger partial charge on any atom is 0.251 e. The Morgan fingerprint density at radius 3 is 2.43 bits per heavy atom. The zero-order chi connectivity index (χ0) is 16.5. The van der Waals surface area contributed by atoms with Crippen molar-refractivity contribution in [3.05, 3.63) is 65.7 Å². The molecule has 1 N–H and O–H groups in total. The minimum absolute atomic E-state index is 0.0312. The zero-order valence-corrected chi connectivity index (χ0v) is 13.8. The molecule has 0 saturated carbocycles. The van der Waals surface area contributed by atoms with Crippen molar-refractivity contribution in [2.45, 2.75) is 13.0 Å². The average Bonchev–Trinajstić information content (AvgIpc) is 2.60. The number of anilines is 1. The van der Waals surface area contributed by atoms with Gasteiger partial charge in [-0.05, 0) is 36.2 Å². The number of rotatable bonds is 8. The molecule has 0 aliphatic rings. The van der Waals surface area contributed by atoms with Crippen molar-refractivity contribution in [3.63, 3.8) is 0 Å². The first-order valence-electron chi connectivity index (χ1n) is 7.83. The van der Waals surface area contributed by atoms with Crippen LogP contribution in [-0.2, 0) is 11.3 Å². The number of para-hydroxylation sites is 1. The molecule has 0 unspecified atom stereocenters. The third-order valence-electron chi connectivity index (χ3n) is 3.68. The standard InChI is InChI=1S/C19H24N2O2/c1-21(18-7-4-3-5-8-18)14-6-13-20-19(22)17-11-9-16(10-12-17)15-23-2/h3-5,7-12H,6,13-15H2,1-2H3,(H,20,22). The smallest absolute Gasteiger partial charge is 0.251 e. The highest BCUT2D eigenvalue weighted by Gasteiger charge is 2.05. The maximum absolute atomic E-state index is 12.1. The summed E-state index contributed by atoms with van der Waals surface area (Å²) in [6.07, 6.45) is 0.902. The van der Waals surface area contributed by atoms with Gasteiger partial charge in [-0.15, -0.1) is 0 Å². The second kappa shape index (κ2) is 8.96. The van der Waals surface area contributed by atoms with Crippen molar-refractivity contribution in [3.8, 4) is 0 Å². The molecule has 4 heteroatoms. The minimum atomic E-state index is -0.0312. The number of hydrogen-bond donors (Lipinski definition) is 1. The Kier molecular flexibility index (Phi) is 6.63. The maximum atomic E-state index is 12.1. The largest absolute Gasteiger partial charge is 0.380 e. The highest BCUT2D eigenvalue weighted by atomic mass is 16.5. The normalized spacial score (nSPS) is 10.3. The summed E-state index contributed by atoms with van der Waals surface area (Å²) in [5.74, 6) is -0.0312. The first kappa shape index (κ1) is 17.0. The Morgan fingerprint density at radius 1 is 1.09 bits per heavy atom. The predicted octanol–water partition coefficient (Wildman–Crippen LogP) is 3.09. The van der Waals surface area contributed by atoms with Gasteiger partial charge in [-0.3, -0.25) is 4.79 Å². The fourth-order valence-electron chi connectivity index (χ4n) is 2.35. The van der Waals surface area contributed by atoms with Crippen molar-refractivity contribution in [2.24, 2.45) is 0 Å². The Hall–Kier alpha value is -2.33. The van der Waals surface area contributed by atoms with Crippen molar-refractivity contribution in [2.75, 3.05) is 32.1 Å². The van der Waals surface area contributed by atoms with E-state index in [0.29, 0.717) is 18.7 Å². The SMILES string of the molecule is COCc1ccc(C(=O)NCCCN(C)c2ccccc2)cc1. The van der Waals surface area contributed by atoms with Crippen LogP contribution < -0.4 is 10.2 Å². The van der Waals surface area contributed by atoms with Gasteiger partial charge in [0.05, 0.1) is 6.61 Å². The summed E-state index contributed by atoms with van der Waals surface area (Å²) in [4.78, 5) is 14.3. The fraction of sp³-hybridized carbons (Fsp3) is 0.316. The fourth-order valence-corrected chi connectivity index (χ4v) is 2.35. The van der Waals surface area contributed by atoms with E-state index in [9.17, 15) is 4.79 Å². The highest BCUT2D eigenvalue weighted by Crippen LogP contribution is 2.10. The molecule has 0 atom stereocenters. The monoisotopic (exact) mass is 312 g/mol. The van der Waals surface area contributed by atoms with E-state index < -0.39 is 0 Å². The van der Waals surface area contributed by atoms with Crippen LogP contribution in [0.3, 0.4) is 0 Å². The topological polar surface area (TPSA) is 41.6 Å². The van der Waals surface area contributed by atoms with Crippen molar-refractivity contribution in [1.82, 2.24) is 5.32 Å². The molecular formula is C19H24N2O2. The van der Waals surface area contributed by atoms with Gasteiger partial charge in [-0.1, -0.05) is 30.3 Å². The van der Waals surface area contributed by atoms with Crippen LogP contribution in [0.15, 0.2) is 54.6 Å². The lowest BCUT2D eigenvalue weighted by molar-refractivity contribution is 0.0953. The van der Waals surface area contributed by atoms with Gasteiger partial charge in [0, 0.05) is 38.5 Å². The number of carbonyl (C=O) groups is 1. The van der Waals surface area contributed by atoms with Crippen molar-refractivity contribution >= 4 is 11.6 Å². The third kappa shape index (κ3) is 5.42. The number of nitrogens with one attached hydrogen (secondary N) is 1. The van der Waals surface area contributed by atoms with Gasteiger partial charge in [-0.2, -0.15) is 0 Å². The molecule has 2 aromatic rings. The summed E-state index contributed by atoms with van der Waals surface area (Å²) in [5, 5.41) is 2.96. The predicted molar refractivity (Wildman–Crippen MR) is 93.8 cm³/mol. The third-order valence-corrected chi connectivity index (χ3v) is 3.68. The first-order chi connectivity index (χ1) is 11.2. The van der Waals surface area contributed by atoms with Gasteiger partial charge >= 0.3 is 0 Å². The molecule has 0 heterocycles. The van der Waals surface area contributed by atoms with E-state index in [4.69, 9.17) is 4.74 Å². The highest BCUT2D eigenvalue weighted by molar-refractivity contribution is 5.94. The molecule has 0 radical (unpaired) electrons. The summed E-state index contributed by atoms with van der Waals surface area (Å²) < 4.78 is 5.06. The number of carbonyl (C=O) groups excluding carboxylic acids is 1. The lowest BCUT2D eigenvalue weighted by atomic mass is 10.1. The van der Waals surface area contributed by atoms with Gasteiger partial charge in [0.2, 0.25) is 0 Å². The van der Waals surface area contributed by atoms with E-state index in [0.717, 1.165) is 18.5 Å². The lowest BCUT2D eigenvalue weighted by Crippen LogP contribution is -2.28. The summed E-state index contributed by atoms with van der Waals surface area (Å²) in [7, 11) is 3.72. The van der Waals surface area contributed by atoms with E-state index in [1.807, 2.05) is 42.5 Å². The molecule has 122 valence electrons. The first-order valence-corrected chi connectivity index (χ1v) is 7.83. The lowest BCUT2D eigenvalue weighted by Gasteiger charge is -2.19. The molecular weight excluding hydrogens is 288 g/mol. The Balaban J connectivity index is 1.72. The van der Waals surface area contributed by atoms with Crippen LogP contribution in [-0.4, -0.2) is 33.2 Å². The molecule has 0 aromatic heterocycles. The number of benzene rings is 2. The summed E-state index contributed by atoms with van der Waals surface area (Å²) in [6, 6.07) is 17.7. The average molecular weight is 312 g/mol. The van der Waals surface area contributed by atoms with Crippen LogP contribution >= 0.6 is 0 Å². The van der Waals surface area contributed by atoms with Crippen LogP contribution in [0.5, 0.6) is 0 Å². The molecule has 23 heavy (non-hydrogen) atoms. The number of ether oxygens (including phenoxy) is 1. The van der Waals surface area contributed by atoms with E-state index in [1.54, 1.807) is 7.11 Å². The van der Waals surface area contributed by atoms with E-state index in [2.05, 4.69) is 29.4 Å². The Bertz CT molecular complexity index is 597. The van der Waals surface area contributed by atoms with E-state index >= 15 is 0 Å². The number of nitrogens with zero attached hydrogens (tertiary/aromatic N) is 1. The molecule has 0 bridgehead atoms. The van der Waals surface area contributed by atoms with Crippen LogP contribution in [0.4, 0.5) is 5.69 Å². The van der Waals surface area contributed by atoms with Gasteiger partial charge in [0.1, 0.15) is 0 Å². The van der Waals surface area contributed by atoms with E-state index in [-0.39, 0.29) is 5.91 Å². The van der Waals surface area contributed by atoms with Crippen LogP contribution in [0, 0.1) is 0 Å². The Morgan fingerprint density at radius 2 is 1.78 bits per heavy atom. The van der Waals surface area contributed by atoms with Crippen LogP contribution in [0.25, 0.3) is 0 Å². The second-order valence-electron chi connectivity index (χ2n) is 5.50. The quantitative estimate of drug-likeness (QED) is 0.762. The van der Waals surface area contributed by atoms with Crippen molar-refractivity contribution in [1.29, 1.82) is 0 Å². The minimum Gasteiger partial charge on any atom is -0.380 e. The molecule has 1 amide bonds. The van der Waals surface area contributed by atoms with Crippen LogP contribution in [0.1, 0.15) is 22.3 Å². The Labute approximate surface area is 138 Å². The van der Waals surface area contributed by atoms with E-state index in [1.165, 1.54) is 5.69 Å². The van der Waals surface area contributed by atoms with Gasteiger partial charge < -0.3 is 15.0 Å². The molecule has 0 aliphatic carbocycles. The molecule has 0 spiro atoms. The van der Waals surface area contributed by atoms with Crippen molar-refractivity contribution < 1.29 is 9.53 Å². The molecule has 4 nitrogen and oxygen atoms in total. The van der Waals surface area contributed by atoms with Gasteiger partial charge in [0.25, 0.3) is 5.91 Å². The number of hydrogen-bond acceptors (Lipinski definition) is 3. The summed E-state index contributed by atoms with van der Waals surface area (Å²) in [6.45, 7) is 2.13. The molecule has 0 fully saturated rings. The molecule has 2 aromatic carbocycles. The number of methoxy groups -OCH3 is 1. The second-order valence-corrected chi connectivity index (χ2v) is 5.50. The molecule has 2 rings (SSSR count). The summed E-state index contributed by atoms with van der Waals surface area (Å²) >= 11 is 0. The number of amides is 1. The van der Waals surface area contributed by atoms with Gasteiger partial charge in [-0.25, -0.2) is 0 Å². The van der Waals surface area contributed by atoms with Gasteiger partial charge in [0.15, 0.2) is 0 Å². The van der Waals surface area contributed by atoms with Crippen LogP contribution in [0.2, 0.25) is 0 Å².